The largest absolute Gasteiger partial charge is 0.451 e. The van der Waals surface area contributed by atoms with E-state index in [0.29, 0.717) is 27.9 Å². The molecule has 0 fully saturated rings. The molecule has 1 amide bonds. The monoisotopic (exact) mass is 411 g/mol. The lowest BCUT2D eigenvalue weighted by atomic mass is 10.1. The molecule has 2 heterocycles. The summed E-state index contributed by atoms with van der Waals surface area (Å²) < 4.78 is 31.0. The van der Waals surface area contributed by atoms with Crippen LogP contribution in [-0.4, -0.2) is 40.8 Å². The SMILES string of the molecule is Cc1ccc(NC(=O)c2oc3ccccc3c2CS(C)(=O)=O)cc1-n1cnnn1. The number of anilines is 1. The second-order valence-corrected chi connectivity index (χ2v) is 8.83. The van der Waals surface area contributed by atoms with E-state index in [1.807, 2.05) is 13.0 Å². The van der Waals surface area contributed by atoms with Gasteiger partial charge < -0.3 is 9.73 Å². The molecule has 148 valence electrons. The number of para-hydroxylation sites is 1. The van der Waals surface area contributed by atoms with Crippen LogP contribution in [0.3, 0.4) is 0 Å². The summed E-state index contributed by atoms with van der Waals surface area (Å²) in [5.41, 5.74) is 2.91. The summed E-state index contributed by atoms with van der Waals surface area (Å²) in [5, 5.41) is 14.5. The van der Waals surface area contributed by atoms with E-state index in [1.54, 1.807) is 36.4 Å². The fraction of sp³-hybridized carbons (Fsp3) is 0.158. The molecule has 2 aromatic carbocycles. The third-order valence-corrected chi connectivity index (χ3v) is 5.19. The molecule has 10 heteroatoms. The van der Waals surface area contributed by atoms with Gasteiger partial charge in [-0.2, -0.15) is 0 Å². The van der Waals surface area contributed by atoms with Gasteiger partial charge in [-0.05, 0) is 41.1 Å². The molecule has 0 aliphatic rings. The lowest BCUT2D eigenvalue weighted by Crippen LogP contribution is -2.15. The highest BCUT2D eigenvalue weighted by Gasteiger charge is 2.23. The number of benzene rings is 2. The van der Waals surface area contributed by atoms with Crippen molar-refractivity contribution in [3.8, 4) is 5.69 Å². The van der Waals surface area contributed by atoms with Crippen LogP contribution in [0.2, 0.25) is 0 Å². The fourth-order valence-corrected chi connectivity index (χ4v) is 3.89. The topological polar surface area (TPSA) is 120 Å². The number of hydrogen-bond acceptors (Lipinski definition) is 7. The Labute approximate surface area is 166 Å². The van der Waals surface area contributed by atoms with Gasteiger partial charge in [0.05, 0.1) is 11.4 Å². The number of nitrogens with zero attached hydrogens (tertiary/aromatic N) is 4. The molecule has 0 unspecified atom stereocenters. The predicted octanol–water partition coefficient (Wildman–Crippen LogP) is 2.51. The minimum atomic E-state index is -3.37. The Hall–Kier alpha value is -3.53. The van der Waals surface area contributed by atoms with Crippen molar-refractivity contribution >= 4 is 32.4 Å². The van der Waals surface area contributed by atoms with E-state index in [1.165, 1.54) is 11.0 Å². The van der Waals surface area contributed by atoms with Gasteiger partial charge >= 0.3 is 0 Å². The zero-order chi connectivity index (χ0) is 20.6. The minimum Gasteiger partial charge on any atom is -0.451 e. The van der Waals surface area contributed by atoms with Crippen molar-refractivity contribution in [3.63, 3.8) is 0 Å². The van der Waals surface area contributed by atoms with Crippen molar-refractivity contribution < 1.29 is 17.6 Å². The summed E-state index contributed by atoms with van der Waals surface area (Å²) in [6.07, 6.45) is 2.58. The molecule has 0 aliphatic heterocycles. The van der Waals surface area contributed by atoms with E-state index in [4.69, 9.17) is 4.42 Å². The first-order valence-electron chi connectivity index (χ1n) is 8.65. The Morgan fingerprint density at radius 1 is 1.21 bits per heavy atom. The van der Waals surface area contributed by atoms with Gasteiger partial charge in [-0.15, -0.1) is 5.10 Å². The van der Waals surface area contributed by atoms with Gasteiger partial charge in [0.1, 0.15) is 11.9 Å². The van der Waals surface area contributed by atoms with Crippen LogP contribution in [0.5, 0.6) is 0 Å². The first-order chi connectivity index (χ1) is 13.8. The van der Waals surface area contributed by atoms with E-state index in [2.05, 4.69) is 20.8 Å². The highest BCUT2D eigenvalue weighted by Crippen LogP contribution is 2.28. The molecular formula is C19H17N5O4S. The molecule has 0 spiro atoms. The fourth-order valence-electron chi connectivity index (χ4n) is 3.08. The number of hydrogen-bond donors (Lipinski definition) is 1. The lowest BCUT2D eigenvalue weighted by Gasteiger charge is -2.09. The van der Waals surface area contributed by atoms with E-state index in [0.717, 1.165) is 11.8 Å². The summed E-state index contributed by atoms with van der Waals surface area (Å²) in [6, 6.07) is 12.2. The van der Waals surface area contributed by atoms with Crippen molar-refractivity contribution in [2.45, 2.75) is 12.7 Å². The van der Waals surface area contributed by atoms with Gasteiger partial charge in [-0.25, -0.2) is 13.1 Å². The van der Waals surface area contributed by atoms with Gasteiger partial charge in [0, 0.05) is 22.9 Å². The summed E-state index contributed by atoms with van der Waals surface area (Å²) in [7, 11) is -3.37. The zero-order valence-electron chi connectivity index (χ0n) is 15.7. The van der Waals surface area contributed by atoms with Crippen molar-refractivity contribution in [1.82, 2.24) is 20.2 Å². The van der Waals surface area contributed by atoms with Crippen LogP contribution in [0.15, 0.2) is 53.2 Å². The Morgan fingerprint density at radius 2 is 2.00 bits per heavy atom. The second kappa shape index (κ2) is 7.13. The number of aromatic nitrogens is 4. The standard InChI is InChI=1S/C19H17N5O4S/c1-12-7-8-13(9-16(12)24-11-20-22-23-24)21-19(25)18-15(10-29(2,26)27)14-5-3-4-6-17(14)28-18/h3-9,11H,10H2,1-2H3,(H,21,25). The first kappa shape index (κ1) is 18.8. The maximum Gasteiger partial charge on any atom is 0.291 e. The molecule has 0 saturated heterocycles. The number of carbonyl (C=O) groups excluding carboxylic acids is 1. The molecule has 9 nitrogen and oxygen atoms in total. The Balaban J connectivity index is 1.72. The van der Waals surface area contributed by atoms with E-state index in [-0.39, 0.29) is 11.5 Å². The van der Waals surface area contributed by atoms with Crippen molar-refractivity contribution in [2.75, 3.05) is 11.6 Å². The molecule has 4 rings (SSSR count). The molecule has 29 heavy (non-hydrogen) atoms. The first-order valence-corrected chi connectivity index (χ1v) is 10.7. The van der Waals surface area contributed by atoms with Gasteiger partial charge in [0.25, 0.3) is 5.91 Å². The summed E-state index contributed by atoms with van der Waals surface area (Å²) in [6.45, 7) is 1.89. The van der Waals surface area contributed by atoms with Crippen LogP contribution in [0.25, 0.3) is 16.7 Å². The second-order valence-electron chi connectivity index (χ2n) is 6.69. The van der Waals surface area contributed by atoms with Gasteiger partial charge in [0.15, 0.2) is 15.6 Å². The highest BCUT2D eigenvalue weighted by molar-refractivity contribution is 7.89. The molecule has 0 bridgehead atoms. The highest BCUT2D eigenvalue weighted by atomic mass is 32.2. The number of tetrazole rings is 1. The Bertz CT molecular complexity index is 1310. The lowest BCUT2D eigenvalue weighted by molar-refractivity contribution is 0.0998. The number of sulfone groups is 1. The zero-order valence-corrected chi connectivity index (χ0v) is 16.5. The number of furan rings is 1. The van der Waals surface area contributed by atoms with Crippen LogP contribution >= 0.6 is 0 Å². The van der Waals surface area contributed by atoms with Gasteiger partial charge in [0.2, 0.25) is 0 Å². The van der Waals surface area contributed by atoms with Crippen molar-refractivity contribution in [3.05, 3.63) is 65.7 Å². The van der Waals surface area contributed by atoms with Crippen LogP contribution in [-0.2, 0) is 15.6 Å². The summed E-state index contributed by atoms with van der Waals surface area (Å²) in [5.74, 6) is -0.858. The summed E-state index contributed by atoms with van der Waals surface area (Å²) in [4.78, 5) is 12.9. The van der Waals surface area contributed by atoms with Crippen LogP contribution in [0.1, 0.15) is 21.7 Å². The van der Waals surface area contributed by atoms with Gasteiger partial charge in [-0.1, -0.05) is 24.3 Å². The number of aryl methyl sites for hydroxylation is 1. The van der Waals surface area contributed by atoms with Crippen molar-refractivity contribution in [1.29, 1.82) is 0 Å². The van der Waals surface area contributed by atoms with Crippen molar-refractivity contribution in [2.24, 2.45) is 0 Å². The normalized spacial score (nSPS) is 11.7. The number of nitrogens with one attached hydrogen (secondary N) is 1. The van der Waals surface area contributed by atoms with E-state index in [9.17, 15) is 13.2 Å². The average molecular weight is 411 g/mol. The smallest absolute Gasteiger partial charge is 0.291 e. The Morgan fingerprint density at radius 3 is 2.72 bits per heavy atom. The maximum absolute atomic E-state index is 12.9. The molecule has 4 aromatic rings. The molecule has 0 aliphatic carbocycles. The molecule has 1 N–H and O–H groups in total. The van der Waals surface area contributed by atoms with E-state index < -0.39 is 15.7 Å². The third kappa shape index (κ3) is 3.87. The maximum atomic E-state index is 12.9. The molecule has 2 aromatic heterocycles. The third-order valence-electron chi connectivity index (χ3n) is 4.37. The number of fused-ring (bicyclic) bond motifs is 1. The number of amides is 1. The minimum absolute atomic E-state index is 0.0267. The quantitative estimate of drug-likeness (QED) is 0.536. The van der Waals surface area contributed by atoms with E-state index >= 15 is 0 Å². The van der Waals surface area contributed by atoms with Gasteiger partial charge in [-0.3, -0.25) is 4.79 Å². The molecular weight excluding hydrogens is 394 g/mol. The molecule has 0 saturated carbocycles. The number of carbonyl (C=O) groups is 1. The van der Waals surface area contributed by atoms with Crippen LogP contribution < -0.4 is 5.32 Å². The predicted molar refractivity (Wildman–Crippen MR) is 107 cm³/mol. The molecule has 0 radical (unpaired) electrons. The Kier molecular flexibility index (Phi) is 4.63. The average Bonchev–Trinajstić information content (AvgIpc) is 3.31. The molecule has 0 atom stereocenters. The summed E-state index contributed by atoms with van der Waals surface area (Å²) >= 11 is 0. The van der Waals surface area contributed by atoms with Crippen LogP contribution in [0.4, 0.5) is 5.69 Å². The van der Waals surface area contributed by atoms with Crippen LogP contribution in [0, 0.1) is 6.92 Å². The number of rotatable bonds is 5.